The van der Waals surface area contributed by atoms with Gasteiger partial charge in [0.15, 0.2) is 0 Å². The maximum Gasteiger partial charge on any atom is 0.472 e. The van der Waals surface area contributed by atoms with Crippen LogP contribution in [0.5, 0.6) is 0 Å². The van der Waals surface area contributed by atoms with E-state index in [9.17, 15) is 14.3 Å². The van der Waals surface area contributed by atoms with Crippen molar-refractivity contribution in [3.8, 4) is 0 Å². The highest BCUT2D eigenvalue weighted by Gasteiger charge is 2.26. The molecular formula is C26H55NO7P+. The number of phosphoric acid groups is 1. The van der Waals surface area contributed by atoms with Crippen molar-refractivity contribution >= 4 is 13.8 Å². The van der Waals surface area contributed by atoms with Crippen molar-refractivity contribution in [2.24, 2.45) is 0 Å². The van der Waals surface area contributed by atoms with Crippen LogP contribution < -0.4 is 0 Å². The molecule has 0 rings (SSSR count). The molecule has 9 heteroatoms. The van der Waals surface area contributed by atoms with E-state index >= 15 is 0 Å². The highest BCUT2D eigenvalue weighted by Crippen LogP contribution is 2.43. The van der Waals surface area contributed by atoms with E-state index in [0.29, 0.717) is 24.1 Å². The Balaban J connectivity index is 4.43. The summed E-state index contributed by atoms with van der Waals surface area (Å²) in [5.41, 5.74) is 0. The zero-order valence-corrected chi connectivity index (χ0v) is 24.2. The number of hydrogen-bond donors (Lipinski definition) is 1. The Labute approximate surface area is 215 Å². The second-order valence-electron chi connectivity index (χ2n) is 10.4. The van der Waals surface area contributed by atoms with Crippen LogP contribution >= 0.6 is 7.82 Å². The van der Waals surface area contributed by atoms with E-state index in [1.54, 1.807) is 0 Å². The molecular weight excluding hydrogens is 469 g/mol. The minimum atomic E-state index is -4.23. The summed E-state index contributed by atoms with van der Waals surface area (Å²) in [4.78, 5) is 22.3. The molecule has 0 bridgehead atoms. The van der Waals surface area contributed by atoms with Crippen molar-refractivity contribution in [1.29, 1.82) is 0 Å². The number of rotatable bonds is 25. The first-order valence-electron chi connectivity index (χ1n) is 13.8. The van der Waals surface area contributed by atoms with Crippen LogP contribution in [0.4, 0.5) is 0 Å². The molecule has 35 heavy (non-hydrogen) atoms. The minimum Gasteiger partial charge on any atom is -0.457 e. The van der Waals surface area contributed by atoms with Gasteiger partial charge in [0, 0.05) is 13.0 Å². The van der Waals surface area contributed by atoms with Gasteiger partial charge in [-0.1, -0.05) is 84.5 Å². The van der Waals surface area contributed by atoms with Gasteiger partial charge >= 0.3 is 13.8 Å². The Morgan fingerprint density at radius 1 is 0.771 bits per heavy atom. The zero-order chi connectivity index (χ0) is 26.4. The van der Waals surface area contributed by atoms with Crippen LogP contribution in [0.1, 0.15) is 104 Å². The molecule has 2 unspecified atom stereocenters. The van der Waals surface area contributed by atoms with Crippen molar-refractivity contribution in [2.45, 2.75) is 110 Å². The monoisotopic (exact) mass is 524 g/mol. The largest absolute Gasteiger partial charge is 0.472 e. The van der Waals surface area contributed by atoms with Crippen molar-refractivity contribution in [3.63, 3.8) is 0 Å². The number of hydrogen-bond acceptors (Lipinski definition) is 6. The molecule has 0 aliphatic carbocycles. The number of carbonyl (C=O) groups is 1. The van der Waals surface area contributed by atoms with Crippen molar-refractivity contribution < 1.29 is 37.3 Å². The number of carbonyl (C=O) groups excluding carboxylic acids is 1. The van der Waals surface area contributed by atoms with E-state index in [0.717, 1.165) is 32.1 Å². The molecule has 0 amide bonds. The molecule has 2 atom stereocenters. The van der Waals surface area contributed by atoms with E-state index in [4.69, 9.17) is 18.5 Å². The van der Waals surface area contributed by atoms with E-state index in [-0.39, 0.29) is 25.8 Å². The molecule has 1 N–H and O–H groups in total. The van der Waals surface area contributed by atoms with Gasteiger partial charge in [-0.05, 0) is 12.8 Å². The second-order valence-corrected chi connectivity index (χ2v) is 11.9. The number of phosphoric ester groups is 1. The van der Waals surface area contributed by atoms with Crippen LogP contribution in [0.2, 0.25) is 0 Å². The lowest BCUT2D eigenvalue weighted by atomic mass is 10.1. The van der Waals surface area contributed by atoms with Gasteiger partial charge in [-0.2, -0.15) is 0 Å². The lowest BCUT2D eigenvalue weighted by Gasteiger charge is -2.24. The summed E-state index contributed by atoms with van der Waals surface area (Å²) in [5, 5.41) is 0. The molecule has 0 aliphatic heterocycles. The number of likely N-dealkylation sites (N-methyl/N-ethyl adjacent to an activating group) is 1. The number of unbranched alkanes of at least 4 members (excludes halogenated alkanes) is 11. The highest BCUT2D eigenvalue weighted by atomic mass is 31.2. The first-order valence-corrected chi connectivity index (χ1v) is 15.3. The molecule has 0 saturated carbocycles. The van der Waals surface area contributed by atoms with Gasteiger partial charge in [-0.25, -0.2) is 4.57 Å². The summed E-state index contributed by atoms with van der Waals surface area (Å²) >= 11 is 0. The molecule has 0 aromatic carbocycles. The smallest absolute Gasteiger partial charge is 0.457 e. The molecule has 0 aliphatic rings. The van der Waals surface area contributed by atoms with Gasteiger partial charge in [0.25, 0.3) is 0 Å². The summed E-state index contributed by atoms with van der Waals surface area (Å²) in [6.07, 6.45) is 14.4. The van der Waals surface area contributed by atoms with E-state index < -0.39 is 13.9 Å². The first kappa shape index (κ1) is 34.5. The fraction of sp³-hybridized carbons (Fsp3) is 0.962. The maximum absolute atomic E-state index is 12.3. The zero-order valence-electron chi connectivity index (χ0n) is 23.3. The first-order chi connectivity index (χ1) is 16.6. The van der Waals surface area contributed by atoms with Gasteiger partial charge in [0.1, 0.15) is 19.3 Å². The second kappa shape index (κ2) is 21.6. The molecule has 0 spiro atoms. The summed E-state index contributed by atoms with van der Waals surface area (Å²) in [7, 11) is 1.67. The van der Waals surface area contributed by atoms with Crippen LogP contribution in [0.15, 0.2) is 0 Å². The minimum absolute atomic E-state index is 0.0918. The third-order valence-electron chi connectivity index (χ3n) is 5.67. The van der Waals surface area contributed by atoms with Gasteiger partial charge in [0.05, 0.1) is 34.4 Å². The number of ether oxygens (including phenoxy) is 2. The lowest BCUT2D eigenvalue weighted by Crippen LogP contribution is -2.37. The Hall–Kier alpha value is -0.500. The van der Waals surface area contributed by atoms with E-state index in [1.807, 2.05) is 21.1 Å². The Morgan fingerprint density at radius 2 is 1.31 bits per heavy atom. The Kier molecular flexibility index (Phi) is 21.3. The molecule has 0 radical (unpaired) electrons. The average Bonchev–Trinajstić information content (AvgIpc) is 2.77. The molecule has 0 aromatic heterocycles. The molecule has 0 aromatic rings. The van der Waals surface area contributed by atoms with Crippen LogP contribution in [0.3, 0.4) is 0 Å². The molecule has 0 fully saturated rings. The average molecular weight is 525 g/mol. The van der Waals surface area contributed by atoms with Gasteiger partial charge in [-0.3, -0.25) is 13.8 Å². The Bertz CT molecular complexity index is 554. The molecule has 0 heterocycles. The highest BCUT2D eigenvalue weighted by molar-refractivity contribution is 7.47. The van der Waals surface area contributed by atoms with Crippen molar-refractivity contribution in [3.05, 3.63) is 0 Å². The van der Waals surface area contributed by atoms with E-state index in [1.165, 1.54) is 51.4 Å². The maximum atomic E-state index is 12.3. The van der Waals surface area contributed by atoms with Crippen molar-refractivity contribution in [2.75, 3.05) is 54.1 Å². The predicted molar refractivity (Wildman–Crippen MR) is 141 cm³/mol. The fourth-order valence-corrected chi connectivity index (χ4v) is 4.17. The van der Waals surface area contributed by atoms with Crippen LogP contribution in [0.25, 0.3) is 0 Å². The SMILES string of the molecule is CCCCCCCCCOCC(COP(=O)(O)OCC[N+](C)(C)C)OC(=O)CCCCCCCC. The van der Waals surface area contributed by atoms with Gasteiger partial charge < -0.3 is 18.9 Å². The number of nitrogens with zero attached hydrogens (tertiary/aromatic N) is 1. The molecule has 0 saturated heterocycles. The Morgan fingerprint density at radius 3 is 1.89 bits per heavy atom. The quantitative estimate of drug-likeness (QED) is 0.0653. The third kappa shape index (κ3) is 25.0. The van der Waals surface area contributed by atoms with Crippen LogP contribution in [-0.4, -0.2) is 75.6 Å². The number of esters is 1. The predicted octanol–water partition coefficient (Wildman–Crippen LogP) is 6.26. The van der Waals surface area contributed by atoms with Crippen LogP contribution in [-0.2, 0) is 27.9 Å². The summed E-state index contributed by atoms with van der Waals surface area (Å²) in [6.45, 7) is 5.50. The van der Waals surface area contributed by atoms with Crippen LogP contribution in [0, 0.1) is 0 Å². The van der Waals surface area contributed by atoms with Gasteiger partial charge in [0.2, 0.25) is 0 Å². The van der Waals surface area contributed by atoms with E-state index in [2.05, 4.69) is 13.8 Å². The fourth-order valence-electron chi connectivity index (χ4n) is 3.43. The third-order valence-corrected chi connectivity index (χ3v) is 6.65. The summed E-state index contributed by atoms with van der Waals surface area (Å²) in [5.74, 6) is -0.327. The summed E-state index contributed by atoms with van der Waals surface area (Å²) < 4.78 is 34.3. The number of quaternary nitrogens is 1. The topological polar surface area (TPSA) is 91.3 Å². The van der Waals surface area contributed by atoms with Crippen molar-refractivity contribution in [1.82, 2.24) is 0 Å². The molecule has 210 valence electrons. The standard InChI is InChI=1S/C26H54NO7P/c1-6-8-10-12-14-16-18-21-31-23-25(34-26(28)19-17-15-13-11-9-7-2)24-33-35(29,30)32-22-20-27(3,4)5/h25H,6-24H2,1-5H3/p+1. The lowest BCUT2D eigenvalue weighted by molar-refractivity contribution is -0.870. The van der Waals surface area contributed by atoms with Gasteiger partial charge in [-0.15, -0.1) is 0 Å². The summed E-state index contributed by atoms with van der Waals surface area (Å²) in [6, 6.07) is 0. The normalized spacial score (nSPS) is 14.6. The molecule has 8 nitrogen and oxygen atoms in total.